The molecule has 2 fully saturated rings. The number of benzene rings is 1. The summed E-state index contributed by atoms with van der Waals surface area (Å²) in [5.74, 6) is 1.54. The van der Waals surface area contributed by atoms with E-state index in [1.165, 1.54) is 37.0 Å². The molecule has 1 saturated carbocycles. The molecule has 3 N–H and O–H groups in total. The Morgan fingerprint density at radius 2 is 2.09 bits per heavy atom. The van der Waals surface area contributed by atoms with Crippen LogP contribution in [-0.4, -0.2) is 47.1 Å². The topological polar surface area (TPSA) is 92.3 Å². The van der Waals surface area contributed by atoms with Gasteiger partial charge in [0, 0.05) is 29.1 Å². The van der Waals surface area contributed by atoms with E-state index in [1.54, 1.807) is 23.1 Å². The Kier molecular flexibility index (Phi) is 7.45. The van der Waals surface area contributed by atoms with E-state index in [1.807, 2.05) is 42.0 Å². The van der Waals surface area contributed by atoms with Gasteiger partial charge >= 0.3 is 0 Å². The number of amides is 1. The van der Waals surface area contributed by atoms with Crippen LogP contribution in [0.4, 0.5) is 0 Å². The van der Waals surface area contributed by atoms with E-state index in [0.717, 1.165) is 50.3 Å². The summed E-state index contributed by atoms with van der Waals surface area (Å²) >= 11 is 4.74. The van der Waals surface area contributed by atoms with Crippen molar-refractivity contribution in [3.8, 4) is 27.6 Å². The Labute approximate surface area is 218 Å². The zero-order chi connectivity index (χ0) is 24.4. The van der Waals surface area contributed by atoms with Crippen LogP contribution in [0.15, 0.2) is 39.9 Å². The summed E-state index contributed by atoms with van der Waals surface area (Å²) in [5, 5.41) is 10.7. The number of nitrogens with one attached hydrogen (secondary N) is 1. The zero-order valence-corrected chi connectivity index (χ0v) is 22.2. The maximum absolute atomic E-state index is 13.0. The fraction of sp³-hybridized carbons (Fsp3) is 0.423. The van der Waals surface area contributed by atoms with Gasteiger partial charge in [-0.2, -0.15) is 0 Å². The smallest absolute Gasteiger partial charge is 0.260 e. The highest BCUT2D eigenvalue weighted by atomic mass is 32.2. The molecule has 2 unspecified atom stereocenters. The second-order valence-electron chi connectivity index (χ2n) is 9.13. The number of piperidine rings is 1. The largest absolute Gasteiger partial charge is 0.484 e. The number of rotatable bonds is 7. The van der Waals surface area contributed by atoms with Crippen LogP contribution in [0, 0.1) is 11.3 Å². The molecule has 2 aliphatic rings. The van der Waals surface area contributed by atoms with Crippen molar-refractivity contribution in [1.82, 2.24) is 9.88 Å². The molecule has 1 aromatic carbocycles. The number of nitrogens with zero attached hydrogens (tertiary/aromatic N) is 2. The van der Waals surface area contributed by atoms with Gasteiger partial charge in [-0.15, -0.1) is 34.4 Å². The van der Waals surface area contributed by atoms with E-state index in [2.05, 4.69) is 4.90 Å². The molecule has 184 valence electrons. The van der Waals surface area contributed by atoms with E-state index >= 15 is 0 Å². The summed E-state index contributed by atoms with van der Waals surface area (Å²) in [4.78, 5) is 20.7. The molecule has 6 nitrogen and oxygen atoms in total. The van der Waals surface area contributed by atoms with Crippen molar-refractivity contribution in [2.75, 3.05) is 19.4 Å². The summed E-state index contributed by atoms with van der Waals surface area (Å²) < 4.78 is 7.07. The Morgan fingerprint density at radius 1 is 1.26 bits per heavy atom. The molecule has 9 heteroatoms. The first-order valence-corrected chi connectivity index (χ1v) is 15.0. The van der Waals surface area contributed by atoms with Crippen LogP contribution >= 0.6 is 34.4 Å². The number of hydrogen-bond donors (Lipinski definition) is 2. The molecule has 1 amide bonds. The van der Waals surface area contributed by atoms with Crippen LogP contribution in [0.3, 0.4) is 0 Å². The first kappa shape index (κ1) is 24.3. The van der Waals surface area contributed by atoms with Gasteiger partial charge in [-0.3, -0.25) is 10.2 Å². The number of hydrogen-bond acceptors (Lipinski definition) is 7. The van der Waals surface area contributed by atoms with E-state index < -0.39 is 0 Å². The monoisotopic (exact) mass is 526 g/mol. The minimum Gasteiger partial charge on any atom is -0.484 e. The SMILES string of the molecule is CSc1sc(C(=N)N)cc1-c1nc(-c2cccc(OCC(=O)N3CCCC4CCCCC43)c2)cs1. The van der Waals surface area contributed by atoms with Gasteiger partial charge in [0.2, 0.25) is 0 Å². The van der Waals surface area contributed by atoms with Crippen molar-refractivity contribution < 1.29 is 9.53 Å². The lowest BCUT2D eigenvalue weighted by Crippen LogP contribution is -2.51. The minimum atomic E-state index is 0.0782. The number of fused-ring (bicyclic) bond motifs is 1. The summed E-state index contributed by atoms with van der Waals surface area (Å²) in [5.41, 5.74) is 8.54. The minimum absolute atomic E-state index is 0.0782. The van der Waals surface area contributed by atoms with Gasteiger partial charge in [0.25, 0.3) is 5.91 Å². The number of carbonyl (C=O) groups is 1. The van der Waals surface area contributed by atoms with Crippen LogP contribution in [0.5, 0.6) is 5.75 Å². The normalized spacial score (nSPS) is 19.9. The fourth-order valence-corrected chi connectivity index (χ4v) is 7.96. The molecule has 1 saturated heterocycles. The Morgan fingerprint density at radius 3 is 2.91 bits per heavy atom. The number of carbonyl (C=O) groups excluding carboxylic acids is 1. The second-order valence-corrected chi connectivity index (χ2v) is 12.1. The molecule has 0 spiro atoms. The first-order chi connectivity index (χ1) is 17.0. The van der Waals surface area contributed by atoms with Gasteiger partial charge in [0.15, 0.2) is 6.61 Å². The number of ether oxygens (including phenoxy) is 1. The summed E-state index contributed by atoms with van der Waals surface area (Å²) in [6, 6.07) is 10.2. The van der Waals surface area contributed by atoms with Gasteiger partial charge in [0.05, 0.1) is 14.8 Å². The predicted molar refractivity (Wildman–Crippen MR) is 146 cm³/mol. The van der Waals surface area contributed by atoms with Gasteiger partial charge in [-0.25, -0.2) is 4.98 Å². The number of thiophene rings is 1. The van der Waals surface area contributed by atoms with Crippen molar-refractivity contribution in [3.63, 3.8) is 0 Å². The maximum atomic E-state index is 13.0. The fourth-order valence-electron chi connectivity index (χ4n) is 5.25. The van der Waals surface area contributed by atoms with Crippen molar-refractivity contribution in [1.29, 1.82) is 5.41 Å². The number of amidine groups is 1. The van der Waals surface area contributed by atoms with Crippen LogP contribution < -0.4 is 10.5 Å². The molecule has 0 radical (unpaired) electrons. The third-order valence-corrected chi connectivity index (χ3v) is 10.1. The molecule has 2 aromatic heterocycles. The number of nitrogens with two attached hydrogens (primary N) is 1. The molecular weight excluding hydrogens is 497 g/mol. The molecule has 5 rings (SSSR count). The lowest BCUT2D eigenvalue weighted by Gasteiger charge is -2.44. The third kappa shape index (κ3) is 5.27. The molecule has 1 aliphatic carbocycles. The second kappa shape index (κ2) is 10.7. The highest BCUT2D eigenvalue weighted by Gasteiger charge is 2.35. The van der Waals surface area contributed by atoms with Gasteiger partial charge in [-0.1, -0.05) is 25.0 Å². The molecule has 1 aliphatic heterocycles. The van der Waals surface area contributed by atoms with Crippen molar-refractivity contribution in [2.45, 2.75) is 48.8 Å². The average molecular weight is 527 g/mol. The summed E-state index contributed by atoms with van der Waals surface area (Å²) in [6.07, 6.45) is 9.30. The van der Waals surface area contributed by atoms with E-state index in [-0.39, 0.29) is 18.3 Å². The van der Waals surface area contributed by atoms with Gasteiger partial charge in [0.1, 0.15) is 16.6 Å². The molecular formula is C26H30N4O2S3. The molecule has 2 atom stereocenters. The molecule has 3 heterocycles. The highest BCUT2D eigenvalue weighted by molar-refractivity contribution is 8.00. The average Bonchev–Trinajstić information content (AvgIpc) is 3.54. The number of aromatic nitrogens is 1. The zero-order valence-electron chi connectivity index (χ0n) is 19.8. The first-order valence-electron chi connectivity index (χ1n) is 12.0. The van der Waals surface area contributed by atoms with Crippen molar-refractivity contribution >= 4 is 46.2 Å². The van der Waals surface area contributed by atoms with E-state index in [0.29, 0.717) is 17.7 Å². The third-order valence-electron chi connectivity index (χ3n) is 6.94. The quantitative estimate of drug-likeness (QED) is 0.220. The summed E-state index contributed by atoms with van der Waals surface area (Å²) in [6.45, 7) is 0.936. The van der Waals surface area contributed by atoms with Crippen molar-refractivity contribution in [2.24, 2.45) is 11.7 Å². The number of thioether (sulfide) groups is 1. The molecule has 35 heavy (non-hydrogen) atoms. The van der Waals surface area contributed by atoms with E-state index in [4.69, 9.17) is 20.9 Å². The Hall–Kier alpha value is -2.36. The Bertz CT molecular complexity index is 1220. The number of nitrogen functional groups attached to an aromatic ring is 1. The molecule has 0 bridgehead atoms. The number of likely N-dealkylation sites (tertiary alicyclic amines) is 1. The summed E-state index contributed by atoms with van der Waals surface area (Å²) in [7, 11) is 0. The van der Waals surface area contributed by atoms with Gasteiger partial charge in [-0.05, 0) is 56.1 Å². The standard InChI is InChI=1S/C26H30N4O2S3/c1-33-26-19(13-22(35-26)24(27)28)25-29-20(15-34-25)17-7-4-9-18(12-17)32-14-23(31)30-11-5-8-16-6-2-3-10-21(16)30/h4,7,9,12-13,15-16,21H,2-3,5-6,8,10-11,14H2,1H3,(H3,27,28). The maximum Gasteiger partial charge on any atom is 0.260 e. The lowest BCUT2D eigenvalue weighted by molar-refractivity contribution is -0.139. The van der Waals surface area contributed by atoms with Gasteiger partial charge < -0.3 is 15.4 Å². The highest BCUT2D eigenvalue weighted by Crippen LogP contribution is 2.40. The van der Waals surface area contributed by atoms with Crippen LogP contribution in [0.25, 0.3) is 21.8 Å². The number of thiazole rings is 1. The van der Waals surface area contributed by atoms with Crippen LogP contribution in [-0.2, 0) is 4.79 Å². The molecule has 3 aromatic rings. The van der Waals surface area contributed by atoms with Crippen molar-refractivity contribution in [3.05, 3.63) is 40.6 Å². The van der Waals surface area contributed by atoms with Crippen LogP contribution in [0.2, 0.25) is 0 Å². The van der Waals surface area contributed by atoms with E-state index in [9.17, 15) is 4.79 Å². The Balaban J connectivity index is 1.27. The predicted octanol–water partition coefficient (Wildman–Crippen LogP) is 6.10. The van der Waals surface area contributed by atoms with Crippen LogP contribution in [0.1, 0.15) is 43.4 Å². The lowest BCUT2D eigenvalue weighted by atomic mass is 9.78.